The summed E-state index contributed by atoms with van der Waals surface area (Å²) in [6, 6.07) is 3.83. The highest BCUT2D eigenvalue weighted by Crippen LogP contribution is 2.35. The lowest BCUT2D eigenvalue weighted by Crippen LogP contribution is -2.08. The van der Waals surface area contributed by atoms with Crippen LogP contribution in [0.3, 0.4) is 0 Å². The maximum Gasteiger partial charge on any atom is 0.416 e. The van der Waals surface area contributed by atoms with E-state index in [1.807, 2.05) is 0 Å². The Bertz CT molecular complexity index is 546. The minimum Gasteiger partial charge on any atom is -0.432 e. The van der Waals surface area contributed by atoms with Crippen molar-refractivity contribution in [3.63, 3.8) is 0 Å². The van der Waals surface area contributed by atoms with Crippen LogP contribution in [-0.2, 0) is 6.18 Å². The predicted octanol–water partition coefficient (Wildman–Crippen LogP) is 3.25. The molecular weight excluding hydrogens is 233 g/mol. The molecule has 3 nitrogen and oxygen atoms in total. The molecule has 0 saturated heterocycles. The monoisotopic (exact) mass is 242 g/mol. The summed E-state index contributed by atoms with van der Waals surface area (Å²) >= 11 is 0. The molecule has 0 aliphatic heterocycles. The van der Waals surface area contributed by atoms with Gasteiger partial charge in [0, 0.05) is 5.56 Å². The van der Waals surface area contributed by atoms with E-state index in [1.54, 1.807) is 6.07 Å². The van der Waals surface area contributed by atoms with Crippen molar-refractivity contribution in [3.05, 3.63) is 35.6 Å². The van der Waals surface area contributed by atoms with Crippen molar-refractivity contribution in [2.24, 2.45) is 0 Å². The second kappa shape index (κ2) is 3.80. The quantitative estimate of drug-likeness (QED) is 0.835. The number of benzene rings is 1. The van der Waals surface area contributed by atoms with Crippen molar-refractivity contribution in [2.75, 3.05) is 5.73 Å². The normalized spacial score (nSPS) is 11.8. The van der Waals surface area contributed by atoms with Crippen molar-refractivity contribution in [2.45, 2.75) is 13.1 Å². The molecule has 2 rings (SSSR count). The Hall–Kier alpha value is -1.98. The van der Waals surface area contributed by atoms with E-state index in [9.17, 15) is 13.2 Å². The molecule has 6 heteroatoms. The summed E-state index contributed by atoms with van der Waals surface area (Å²) in [5.41, 5.74) is 5.37. The molecule has 0 saturated carbocycles. The fraction of sp³-hybridized carbons (Fsp3) is 0.182. The number of rotatable bonds is 1. The van der Waals surface area contributed by atoms with E-state index in [1.165, 1.54) is 19.3 Å². The van der Waals surface area contributed by atoms with Crippen molar-refractivity contribution < 1.29 is 17.6 Å². The second-order valence-electron chi connectivity index (χ2n) is 3.55. The number of oxazole rings is 1. The zero-order valence-electron chi connectivity index (χ0n) is 8.88. The maximum atomic E-state index is 12.7. The molecule has 90 valence electrons. The molecule has 0 bridgehead atoms. The Morgan fingerprint density at radius 2 is 2.00 bits per heavy atom. The van der Waals surface area contributed by atoms with E-state index < -0.39 is 11.7 Å². The van der Waals surface area contributed by atoms with Gasteiger partial charge >= 0.3 is 6.18 Å². The molecule has 0 unspecified atom stereocenters. The van der Waals surface area contributed by atoms with Gasteiger partial charge in [-0.3, -0.25) is 0 Å². The van der Waals surface area contributed by atoms with E-state index >= 15 is 0 Å². The lowest BCUT2D eigenvalue weighted by Gasteiger charge is -2.12. The van der Waals surface area contributed by atoms with Gasteiger partial charge in [0.1, 0.15) is 12.0 Å². The Kier molecular flexibility index (Phi) is 2.57. The first-order chi connectivity index (χ1) is 7.89. The lowest BCUT2D eigenvalue weighted by atomic mass is 10.0. The van der Waals surface area contributed by atoms with E-state index in [0.717, 1.165) is 6.07 Å². The molecule has 0 aliphatic rings. The minimum atomic E-state index is -4.38. The zero-order chi connectivity index (χ0) is 12.6. The third-order valence-corrected chi connectivity index (χ3v) is 2.44. The molecule has 0 aliphatic carbocycles. The number of nitrogens with zero attached hydrogens (tertiary/aromatic N) is 1. The molecule has 1 aromatic heterocycles. The maximum absolute atomic E-state index is 12.7. The van der Waals surface area contributed by atoms with Gasteiger partial charge in [-0.05, 0) is 18.6 Å². The molecule has 0 fully saturated rings. The number of alkyl halides is 3. The third-order valence-electron chi connectivity index (χ3n) is 2.44. The summed E-state index contributed by atoms with van der Waals surface area (Å²) in [7, 11) is 0. The number of hydrogen-bond donors (Lipinski definition) is 1. The van der Waals surface area contributed by atoms with Crippen LogP contribution in [0.15, 0.2) is 28.9 Å². The summed E-state index contributed by atoms with van der Waals surface area (Å²) in [6.07, 6.45) is -3.15. The topological polar surface area (TPSA) is 52.0 Å². The zero-order valence-corrected chi connectivity index (χ0v) is 8.88. The van der Waals surface area contributed by atoms with Crippen LogP contribution in [0.2, 0.25) is 0 Å². The van der Waals surface area contributed by atoms with Crippen molar-refractivity contribution in [3.8, 4) is 11.3 Å². The van der Waals surface area contributed by atoms with Crippen LogP contribution in [0.5, 0.6) is 0 Å². The standard InChI is InChI=1S/C11H9F3N2O/c1-6-7(9-5-17-10(15)16-9)3-2-4-8(6)11(12,13)14/h2-5H,1H3,(H2,15,16). The highest BCUT2D eigenvalue weighted by molar-refractivity contribution is 5.65. The van der Waals surface area contributed by atoms with Crippen LogP contribution in [-0.4, -0.2) is 4.98 Å². The van der Waals surface area contributed by atoms with Gasteiger partial charge in [0.05, 0.1) is 5.56 Å². The largest absolute Gasteiger partial charge is 0.432 e. The van der Waals surface area contributed by atoms with Crippen LogP contribution in [0.25, 0.3) is 11.3 Å². The molecule has 0 atom stereocenters. The Balaban J connectivity index is 2.57. The number of anilines is 1. The van der Waals surface area contributed by atoms with Gasteiger partial charge in [-0.1, -0.05) is 12.1 Å². The summed E-state index contributed by atoms with van der Waals surface area (Å²) in [5.74, 6) is 0. The summed E-state index contributed by atoms with van der Waals surface area (Å²) in [4.78, 5) is 3.81. The number of aromatic nitrogens is 1. The average molecular weight is 242 g/mol. The van der Waals surface area contributed by atoms with E-state index in [4.69, 9.17) is 10.2 Å². The predicted molar refractivity (Wildman–Crippen MR) is 56.1 cm³/mol. The average Bonchev–Trinajstić information content (AvgIpc) is 2.63. The molecule has 0 spiro atoms. The smallest absolute Gasteiger partial charge is 0.416 e. The Labute approximate surface area is 95.1 Å². The van der Waals surface area contributed by atoms with Gasteiger partial charge in [0.15, 0.2) is 0 Å². The first-order valence-corrected chi connectivity index (χ1v) is 4.78. The second-order valence-corrected chi connectivity index (χ2v) is 3.55. The lowest BCUT2D eigenvalue weighted by molar-refractivity contribution is -0.138. The fourth-order valence-electron chi connectivity index (χ4n) is 1.63. The van der Waals surface area contributed by atoms with E-state index in [2.05, 4.69) is 4.98 Å². The fourth-order valence-corrected chi connectivity index (χ4v) is 1.63. The molecule has 17 heavy (non-hydrogen) atoms. The Morgan fingerprint density at radius 3 is 2.53 bits per heavy atom. The Morgan fingerprint density at radius 1 is 1.29 bits per heavy atom. The van der Waals surface area contributed by atoms with E-state index in [-0.39, 0.29) is 11.6 Å². The van der Waals surface area contributed by atoms with Crippen LogP contribution in [0.4, 0.5) is 19.2 Å². The van der Waals surface area contributed by atoms with Crippen molar-refractivity contribution >= 4 is 6.01 Å². The molecule has 2 aromatic rings. The van der Waals surface area contributed by atoms with Gasteiger partial charge < -0.3 is 10.2 Å². The van der Waals surface area contributed by atoms with Gasteiger partial charge in [0.2, 0.25) is 0 Å². The third kappa shape index (κ3) is 2.11. The summed E-state index contributed by atoms with van der Waals surface area (Å²) in [5, 5.41) is 0. The molecule has 0 amide bonds. The van der Waals surface area contributed by atoms with Gasteiger partial charge in [-0.25, -0.2) is 0 Å². The van der Waals surface area contributed by atoms with Gasteiger partial charge in [0.25, 0.3) is 6.01 Å². The molecule has 2 N–H and O–H groups in total. The van der Waals surface area contributed by atoms with Crippen LogP contribution < -0.4 is 5.73 Å². The van der Waals surface area contributed by atoms with Crippen LogP contribution in [0, 0.1) is 6.92 Å². The highest BCUT2D eigenvalue weighted by Gasteiger charge is 2.33. The summed E-state index contributed by atoms with van der Waals surface area (Å²) in [6.45, 7) is 1.39. The van der Waals surface area contributed by atoms with E-state index in [0.29, 0.717) is 11.3 Å². The summed E-state index contributed by atoms with van der Waals surface area (Å²) < 4.78 is 42.8. The number of halogens is 3. The van der Waals surface area contributed by atoms with Gasteiger partial charge in [-0.2, -0.15) is 18.2 Å². The molecule has 1 aromatic carbocycles. The molecular formula is C11H9F3N2O. The molecule has 1 heterocycles. The number of hydrogen-bond acceptors (Lipinski definition) is 3. The van der Waals surface area contributed by atoms with Crippen LogP contribution in [0.1, 0.15) is 11.1 Å². The molecule has 0 radical (unpaired) electrons. The SMILES string of the molecule is Cc1c(-c2coc(N)n2)cccc1C(F)(F)F. The first kappa shape index (κ1) is 11.5. The first-order valence-electron chi connectivity index (χ1n) is 4.78. The van der Waals surface area contributed by atoms with Crippen LogP contribution >= 0.6 is 0 Å². The van der Waals surface area contributed by atoms with Crippen molar-refractivity contribution in [1.82, 2.24) is 4.98 Å². The minimum absolute atomic E-state index is 0.0724. The highest BCUT2D eigenvalue weighted by atomic mass is 19.4. The van der Waals surface area contributed by atoms with Gasteiger partial charge in [-0.15, -0.1) is 0 Å². The number of nitrogen functional groups attached to an aromatic ring is 1. The van der Waals surface area contributed by atoms with Crippen molar-refractivity contribution in [1.29, 1.82) is 0 Å². The number of nitrogens with two attached hydrogens (primary N) is 1.